The highest BCUT2D eigenvalue weighted by Crippen LogP contribution is 2.25. The standard InChI is InChI=1S/C17H42N2Si2/c1-16(2,3)18(20(7,8)9)14-13-15-19(17(4,5)6)21(10,11)12/h13-15H2,1-12H3. The molecule has 0 unspecified atom stereocenters. The summed E-state index contributed by atoms with van der Waals surface area (Å²) in [7, 11) is -2.52. The third kappa shape index (κ3) is 7.44. The SMILES string of the molecule is CC(C)(C)N(CCCN(C(C)(C)C)[Si](C)(C)C)[Si](C)(C)C. The van der Waals surface area contributed by atoms with E-state index in [2.05, 4.69) is 90.0 Å². The van der Waals surface area contributed by atoms with Crippen LogP contribution in [0.5, 0.6) is 0 Å². The maximum atomic E-state index is 2.78. The molecule has 0 amide bonds. The molecule has 4 heteroatoms. The van der Waals surface area contributed by atoms with Gasteiger partial charge in [0.1, 0.15) is 16.5 Å². The molecule has 0 aliphatic rings. The molecule has 0 saturated heterocycles. The second-order valence-electron chi connectivity index (χ2n) is 10.3. The molecule has 0 saturated carbocycles. The smallest absolute Gasteiger partial charge is 0.119 e. The minimum atomic E-state index is -1.26. The first-order valence-electron chi connectivity index (χ1n) is 8.53. The summed E-state index contributed by atoms with van der Waals surface area (Å²) in [5, 5.41) is 0. The fourth-order valence-electron chi connectivity index (χ4n) is 3.74. The van der Waals surface area contributed by atoms with Crippen LogP contribution in [0.25, 0.3) is 0 Å². The topological polar surface area (TPSA) is 6.48 Å². The van der Waals surface area contributed by atoms with E-state index >= 15 is 0 Å². The molecule has 0 aliphatic carbocycles. The molecule has 0 radical (unpaired) electrons. The summed E-state index contributed by atoms with van der Waals surface area (Å²) in [6.07, 6.45) is 1.28. The van der Waals surface area contributed by atoms with Crippen molar-refractivity contribution in [1.29, 1.82) is 0 Å². The minimum absolute atomic E-state index is 0.288. The average molecular weight is 331 g/mol. The lowest BCUT2D eigenvalue weighted by molar-refractivity contribution is 0.202. The highest BCUT2D eigenvalue weighted by atomic mass is 28.3. The van der Waals surface area contributed by atoms with Gasteiger partial charge in [0.2, 0.25) is 0 Å². The largest absolute Gasteiger partial charge is 0.319 e. The van der Waals surface area contributed by atoms with E-state index in [9.17, 15) is 0 Å². The fourth-order valence-corrected chi connectivity index (χ4v) is 9.42. The van der Waals surface area contributed by atoms with Crippen LogP contribution in [0.15, 0.2) is 0 Å². The summed E-state index contributed by atoms with van der Waals surface area (Å²) < 4.78 is 5.57. The molecular formula is C17H42N2Si2. The van der Waals surface area contributed by atoms with E-state index in [-0.39, 0.29) is 11.1 Å². The van der Waals surface area contributed by atoms with Gasteiger partial charge in [-0.3, -0.25) is 0 Å². The van der Waals surface area contributed by atoms with Gasteiger partial charge in [-0.2, -0.15) is 0 Å². The van der Waals surface area contributed by atoms with Crippen molar-refractivity contribution in [1.82, 2.24) is 9.13 Å². The molecule has 0 fully saturated rings. The Kier molecular flexibility index (Phi) is 6.97. The van der Waals surface area contributed by atoms with Crippen molar-refractivity contribution < 1.29 is 0 Å². The second-order valence-corrected chi connectivity index (χ2v) is 20.1. The highest BCUT2D eigenvalue weighted by molar-refractivity contribution is 6.73. The zero-order chi connectivity index (χ0) is 17.3. The van der Waals surface area contributed by atoms with Gasteiger partial charge in [0.05, 0.1) is 0 Å². The third-order valence-electron chi connectivity index (χ3n) is 4.00. The van der Waals surface area contributed by atoms with Gasteiger partial charge in [-0.25, -0.2) is 0 Å². The predicted molar refractivity (Wildman–Crippen MR) is 104 cm³/mol. The Morgan fingerprint density at radius 2 is 0.810 bits per heavy atom. The first-order valence-corrected chi connectivity index (χ1v) is 15.4. The summed E-state index contributed by atoms with van der Waals surface area (Å²) in [5.74, 6) is 0. The summed E-state index contributed by atoms with van der Waals surface area (Å²) >= 11 is 0. The number of nitrogens with zero attached hydrogens (tertiary/aromatic N) is 2. The van der Waals surface area contributed by atoms with Crippen LogP contribution in [0, 0.1) is 0 Å². The van der Waals surface area contributed by atoms with Crippen molar-refractivity contribution in [2.45, 2.75) is 98.3 Å². The van der Waals surface area contributed by atoms with Gasteiger partial charge in [0.15, 0.2) is 0 Å². The molecule has 2 nitrogen and oxygen atoms in total. The zero-order valence-electron chi connectivity index (χ0n) is 17.0. The van der Waals surface area contributed by atoms with E-state index in [1.807, 2.05) is 0 Å². The number of hydrogen-bond donors (Lipinski definition) is 0. The van der Waals surface area contributed by atoms with E-state index < -0.39 is 16.5 Å². The lowest BCUT2D eigenvalue weighted by Gasteiger charge is -2.47. The molecule has 0 heterocycles. The highest BCUT2D eigenvalue weighted by Gasteiger charge is 2.35. The molecule has 0 N–H and O–H groups in total. The maximum Gasteiger partial charge on any atom is 0.119 e. The lowest BCUT2D eigenvalue weighted by Crippen LogP contribution is -2.58. The van der Waals surface area contributed by atoms with Gasteiger partial charge >= 0.3 is 0 Å². The Balaban J connectivity index is 4.84. The van der Waals surface area contributed by atoms with E-state index in [4.69, 9.17) is 0 Å². The minimum Gasteiger partial charge on any atom is -0.319 e. The van der Waals surface area contributed by atoms with Crippen molar-refractivity contribution in [2.24, 2.45) is 0 Å². The van der Waals surface area contributed by atoms with Crippen molar-refractivity contribution in [3.63, 3.8) is 0 Å². The molecule has 128 valence electrons. The van der Waals surface area contributed by atoms with Crippen LogP contribution in [0.4, 0.5) is 0 Å². The molecule has 0 rings (SSSR count). The third-order valence-corrected chi connectivity index (χ3v) is 9.03. The molecule has 0 atom stereocenters. The summed E-state index contributed by atoms with van der Waals surface area (Å²) in [6, 6.07) is 0. The van der Waals surface area contributed by atoms with Crippen LogP contribution >= 0.6 is 0 Å². The molecule has 0 bridgehead atoms. The maximum absolute atomic E-state index is 2.78. The van der Waals surface area contributed by atoms with Crippen LogP contribution in [0.2, 0.25) is 39.3 Å². The number of rotatable bonds is 6. The first kappa shape index (κ1) is 21.4. The van der Waals surface area contributed by atoms with Crippen LogP contribution in [-0.2, 0) is 0 Å². The molecule has 0 aliphatic heterocycles. The van der Waals surface area contributed by atoms with E-state index in [0.717, 1.165) is 0 Å². The molecule has 0 aromatic rings. The quantitative estimate of drug-likeness (QED) is 0.614. The summed E-state index contributed by atoms with van der Waals surface area (Å²) in [5.41, 5.74) is 0.576. The normalized spacial score (nSPS) is 15.1. The van der Waals surface area contributed by atoms with Gasteiger partial charge in [-0.1, -0.05) is 39.3 Å². The van der Waals surface area contributed by atoms with Gasteiger partial charge in [-0.05, 0) is 61.1 Å². The van der Waals surface area contributed by atoms with Crippen molar-refractivity contribution in [3.05, 3.63) is 0 Å². The Bertz CT molecular complexity index is 254. The van der Waals surface area contributed by atoms with E-state index in [1.165, 1.54) is 19.5 Å². The number of hydrogen-bond acceptors (Lipinski definition) is 2. The molecule has 21 heavy (non-hydrogen) atoms. The molecular weight excluding hydrogens is 288 g/mol. The van der Waals surface area contributed by atoms with Crippen molar-refractivity contribution >= 4 is 16.5 Å². The van der Waals surface area contributed by atoms with Crippen LogP contribution < -0.4 is 0 Å². The van der Waals surface area contributed by atoms with Gasteiger partial charge < -0.3 is 9.13 Å². The summed E-state index contributed by atoms with van der Waals surface area (Å²) in [4.78, 5) is 0. The molecule has 0 spiro atoms. The van der Waals surface area contributed by atoms with Gasteiger partial charge in [0, 0.05) is 11.1 Å². The Morgan fingerprint density at radius 1 is 0.571 bits per heavy atom. The van der Waals surface area contributed by atoms with Crippen molar-refractivity contribution in [2.75, 3.05) is 13.1 Å². The van der Waals surface area contributed by atoms with Crippen molar-refractivity contribution in [3.8, 4) is 0 Å². The predicted octanol–water partition coefficient (Wildman–Crippen LogP) is 5.25. The van der Waals surface area contributed by atoms with Crippen LogP contribution in [0.3, 0.4) is 0 Å². The zero-order valence-corrected chi connectivity index (χ0v) is 19.0. The fraction of sp³-hybridized carbons (Fsp3) is 1.00. The Hall–Kier alpha value is 0.354. The van der Waals surface area contributed by atoms with E-state index in [1.54, 1.807) is 0 Å². The Labute approximate surface area is 137 Å². The Morgan fingerprint density at radius 3 is 0.952 bits per heavy atom. The summed E-state index contributed by atoms with van der Waals surface area (Å²) in [6.45, 7) is 31.5. The van der Waals surface area contributed by atoms with Gasteiger partial charge in [-0.15, -0.1) is 0 Å². The molecule has 0 aromatic heterocycles. The van der Waals surface area contributed by atoms with E-state index in [0.29, 0.717) is 0 Å². The monoisotopic (exact) mass is 330 g/mol. The lowest BCUT2D eigenvalue weighted by atomic mass is 10.1. The second kappa shape index (κ2) is 6.85. The van der Waals surface area contributed by atoms with Gasteiger partial charge in [0.25, 0.3) is 0 Å². The average Bonchev–Trinajstić information content (AvgIpc) is 2.07. The molecule has 0 aromatic carbocycles. The van der Waals surface area contributed by atoms with Crippen LogP contribution in [0.1, 0.15) is 48.0 Å². The first-order chi connectivity index (χ1) is 8.97. The van der Waals surface area contributed by atoms with Crippen LogP contribution in [-0.4, -0.2) is 49.8 Å².